The highest BCUT2D eigenvalue weighted by molar-refractivity contribution is 5.77. The van der Waals surface area contributed by atoms with Crippen molar-refractivity contribution in [2.45, 2.75) is 45.8 Å². The molecule has 0 aromatic rings. The van der Waals surface area contributed by atoms with Gasteiger partial charge in [0.1, 0.15) is 11.1 Å². The number of carboxylic acid groups (broad SMARTS) is 1. The third-order valence-electron chi connectivity index (χ3n) is 3.25. The summed E-state index contributed by atoms with van der Waals surface area (Å²) >= 11 is 0. The summed E-state index contributed by atoms with van der Waals surface area (Å²) in [6.07, 6.45) is -0.333. The number of carboxylic acids is 1. The summed E-state index contributed by atoms with van der Waals surface area (Å²) in [5.74, 6) is -0.849. The molecule has 0 aliphatic carbocycles. The molecule has 1 amide bonds. The number of hydrogen-bond acceptors (Lipinski definition) is 4. The number of nitrogens with zero attached hydrogens (tertiary/aromatic N) is 2. The standard InChI is InChI=1S/C13H24N2O4/c1-12(2,3)19-11(18)14-6-8-15(9-7-14)13(4,5)10(16)17/h6-9H2,1-5H3,(H,16,17). The third-order valence-corrected chi connectivity index (χ3v) is 3.25. The molecule has 6 nitrogen and oxygen atoms in total. The van der Waals surface area contributed by atoms with Gasteiger partial charge in [0.05, 0.1) is 0 Å². The Bertz CT molecular complexity index is 352. The topological polar surface area (TPSA) is 70.1 Å². The van der Waals surface area contributed by atoms with Gasteiger partial charge in [0.15, 0.2) is 0 Å². The molecule has 1 aliphatic heterocycles. The van der Waals surface area contributed by atoms with E-state index in [1.54, 1.807) is 18.7 Å². The lowest BCUT2D eigenvalue weighted by atomic mass is 10.0. The molecule has 0 bridgehead atoms. The quantitative estimate of drug-likeness (QED) is 0.823. The second kappa shape index (κ2) is 5.36. The summed E-state index contributed by atoms with van der Waals surface area (Å²) in [6, 6.07) is 0. The SMILES string of the molecule is CC(C)(C)OC(=O)N1CCN(C(C)(C)C(=O)O)CC1. The lowest BCUT2D eigenvalue weighted by Crippen LogP contribution is -2.59. The fourth-order valence-corrected chi connectivity index (χ4v) is 1.91. The van der Waals surface area contributed by atoms with Crippen LogP contribution < -0.4 is 0 Å². The number of ether oxygens (including phenoxy) is 1. The zero-order chi connectivity index (χ0) is 14.8. The smallest absolute Gasteiger partial charge is 0.410 e. The van der Waals surface area contributed by atoms with Crippen LogP contribution in [0.4, 0.5) is 4.79 Å². The molecular weight excluding hydrogens is 248 g/mol. The molecule has 1 N–H and O–H groups in total. The van der Waals surface area contributed by atoms with Crippen molar-refractivity contribution in [3.05, 3.63) is 0 Å². The van der Waals surface area contributed by atoms with E-state index in [2.05, 4.69) is 0 Å². The van der Waals surface area contributed by atoms with Crippen LogP contribution >= 0.6 is 0 Å². The Morgan fingerprint density at radius 2 is 1.47 bits per heavy atom. The molecule has 0 aromatic carbocycles. The number of hydrogen-bond donors (Lipinski definition) is 1. The zero-order valence-corrected chi connectivity index (χ0v) is 12.4. The maximum Gasteiger partial charge on any atom is 0.410 e. The highest BCUT2D eigenvalue weighted by atomic mass is 16.6. The maximum atomic E-state index is 11.9. The van der Waals surface area contributed by atoms with Gasteiger partial charge in [0.2, 0.25) is 0 Å². The number of aliphatic carboxylic acids is 1. The average molecular weight is 272 g/mol. The van der Waals surface area contributed by atoms with Crippen LogP contribution in [-0.2, 0) is 9.53 Å². The number of carbonyl (C=O) groups excluding carboxylic acids is 1. The van der Waals surface area contributed by atoms with E-state index in [0.717, 1.165) is 0 Å². The van der Waals surface area contributed by atoms with Crippen molar-refractivity contribution in [2.75, 3.05) is 26.2 Å². The van der Waals surface area contributed by atoms with Crippen molar-refractivity contribution >= 4 is 12.1 Å². The van der Waals surface area contributed by atoms with Crippen molar-refractivity contribution in [1.29, 1.82) is 0 Å². The van der Waals surface area contributed by atoms with Gasteiger partial charge in [-0.3, -0.25) is 9.69 Å². The second-order valence-corrected chi connectivity index (χ2v) is 6.32. The molecule has 0 radical (unpaired) electrons. The molecule has 0 spiro atoms. The van der Waals surface area contributed by atoms with Crippen molar-refractivity contribution < 1.29 is 19.4 Å². The van der Waals surface area contributed by atoms with E-state index in [9.17, 15) is 14.7 Å². The van der Waals surface area contributed by atoms with Crippen LogP contribution in [0.25, 0.3) is 0 Å². The fourth-order valence-electron chi connectivity index (χ4n) is 1.91. The predicted molar refractivity (Wildman–Crippen MR) is 71.1 cm³/mol. The monoisotopic (exact) mass is 272 g/mol. The lowest BCUT2D eigenvalue weighted by Gasteiger charge is -2.41. The van der Waals surface area contributed by atoms with E-state index in [1.165, 1.54) is 0 Å². The maximum absolute atomic E-state index is 11.9. The number of rotatable bonds is 2. The first-order valence-electron chi connectivity index (χ1n) is 6.50. The molecule has 1 aliphatic rings. The van der Waals surface area contributed by atoms with Crippen LogP contribution in [0.3, 0.4) is 0 Å². The van der Waals surface area contributed by atoms with Gasteiger partial charge < -0.3 is 14.7 Å². The van der Waals surface area contributed by atoms with Crippen molar-refractivity contribution in [2.24, 2.45) is 0 Å². The summed E-state index contributed by atoms with van der Waals surface area (Å²) in [5.41, 5.74) is -1.41. The van der Waals surface area contributed by atoms with Gasteiger partial charge in [-0.15, -0.1) is 0 Å². The molecule has 110 valence electrons. The van der Waals surface area contributed by atoms with Crippen molar-refractivity contribution in [3.63, 3.8) is 0 Å². The highest BCUT2D eigenvalue weighted by Gasteiger charge is 2.37. The number of piperazine rings is 1. The summed E-state index contributed by atoms with van der Waals surface area (Å²) in [7, 11) is 0. The van der Waals surface area contributed by atoms with Gasteiger partial charge in [-0.1, -0.05) is 0 Å². The molecule has 0 unspecified atom stereocenters. The Balaban J connectivity index is 2.54. The summed E-state index contributed by atoms with van der Waals surface area (Å²) < 4.78 is 5.30. The van der Waals surface area contributed by atoms with E-state index < -0.39 is 17.1 Å². The van der Waals surface area contributed by atoms with Crippen LogP contribution in [0.15, 0.2) is 0 Å². The molecule has 6 heteroatoms. The average Bonchev–Trinajstić information content (AvgIpc) is 2.26. The van der Waals surface area contributed by atoms with Crippen molar-refractivity contribution in [3.8, 4) is 0 Å². The van der Waals surface area contributed by atoms with E-state index in [4.69, 9.17) is 4.74 Å². The first kappa shape index (κ1) is 15.8. The van der Waals surface area contributed by atoms with E-state index in [-0.39, 0.29) is 6.09 Å². The molecular formula is C13H24N2O4. The molecule has 1 heterocycles. The van der Waals surface area contributed by atoms with E-state index in [1.807, 2.05) is 25.7 Å². The first-order valence-corrected chi connectivity index (χ1v) is 6.50. The Hall–Kier alpha value is -1.30. The normalized spacial score (nSPS) is 18.3. The van der Waals surface area contributed by atoms with Gasteiger partial charge in [0.25, 0.3) is 0 Å². The largest absolute Gasteiger partial charge is 0.480 e. The summed E-state index contributed by atoms with van der Waals surface area (Å²) in [4.78, 5) is 26.5. The number of carbonyl (C=O) groups is 2. The minimum Gasteiger partial charge on any atom is -0.480 e. The van der Waals surface area contributed by atoms with E-state index in [0.29, 0.717) is 26.2 Å². The van der Waals surface area contributed by atoms with Crippen LogP contribution in [0, 0.1) is 0 Å². The van der Waals surface area contributed by atoms with Gasteiger partial charge >= 0.3 is 12.1 Å². The summed E-state index contributed by atoms with van der Waals surface area (Å²) in [5, 5.41) is 9.17. The van der Waals surface area contributed by atoms with E-state index >= 15 is 0 Å². The Kier molecular flexibility index (Phi) is 4.45. The second-order valence-electron chi connectivity index (χ2n) is 6.32. The first-order chi connectivity index (χ1) is 8.54. The van der Waals surface area contributed by atoms with Crippen molar-refractivity contribution in [1.82, 2.24) is 9.80 Å². The van der Waals surface area contributed by atoms with Crippen LogP contribution in [0.1, 0.15) is 34.6 Å². The minimum absolute atomic E-state index is 0.333. The van der Waals surface area contributed by atoms with Gasteiger partial charge in [-0.25, -0.2) is 4.79 Å². The molecule has 1 saturated heterocycles. The molecule has 0 atom stereocenters. The van der Waals surface area contributed by atoms with Crippen LogP contribution in [-0.4, -0.2) is 64.3 Å². The predicted octanol–water partition coefficient (Wildman–Crippen LogP) is 1.40. The Labute approximate surface area is 114 Å². The number of amides is 1. The summed E-state index contributed by atoms with van der Waals surface area (Å²) in [6.45, 7) is 10.9. The van der Waals surface area contributed by atoms with Gasteiger partial charge in [0, 0.05) is 26.2 Å². The highest BCUT2D eigenvalue weighted by Crippen LogP contribution is 2.18. The van der Waals surface area contributed by atoms with Crippen LogP contribution in [0.5, 0.6) is 0 Å². The Morgan fingerprint density at radius 1 is 1.00 bits per heavy atom. The third kappa shape index (κ3) is 4.09. The molecule has 0 aromatic heterocycles. The van der Waals surface area contributed by atoms with Gasteiger partial charge in [-0.2, -0.15) is 0 Å². The molecule has 0 saturated carbocycles. The Morgan fingerprint density at radius 3 is 1.84 bits per heavy atom. The zero-order valence-electron chi connectivity index (χ0n) is 12.4. The molecule has 19 heavy (non-hydrogen) atoms. The van der Waals surface area contributed by atoms with Gasteiger partial charge in [-0.05, 0) is 34.6 Å². The minimum atomic E-state index is -0.903. The van der Waals surface area contributed by atoms with Crippen LogP contribution in [0.2, 0.25) is 0 Å². The fraction of sp³-hybridized carbons (Fsp3) is 0.846. The molecule has 1 fully saturated rings. The lowest BCUT2D eigenvalue weighted by molar-refractivity contribution is -0.150. The molecule has 1 rings (SSSR count).